The number of piperazine rings is 1. The molecule has 2 heterocycles. The lowest BCUT2D eigenvalue weighted by molar-refractivity contribution is -0.00449. The number of ether oxygens (including phenoxy) is 2. The van der Waals surface area contributed by atoms with Gasteiger partial charge in [0, 0.05) is 25.7 Å². The van der Waals surface area contributed by atoms with Gasteiger partial charge in [0.1, 0.15) is 11.8 Å². The van der Waals surface area contributed by atoms with Crippen LogP contribution in [0.2, 0.25) is 0 Å². The summed E-state index contributed by atoms with van der Waals surface area (Å²) in [7, 11) is 0. The third kappa shape index (κ3) is 3.33. The highest BCUT2D eigenvalue weighted by atomic mass is 16.6. The molecule has 2 rings (SSSR count). The molecule has 0 aromatic heterocycles. The lowest BCUT2D eigenvalue weighted by atomic mass is 10.2. The maximum atomic E-state index is 12.0. The van der Waals surface area contributed by atoms with E-state index in [1.54, 1.807) is 0 Å². The van der Waals surface area contributed by atoms with Gasteiger partial charge in [-0.05, 0) is 27.7 Å². The van der Waals surface area contributed by atoms with Crippen molar-refractivity contribution in [2.24, 2.45) is 0 Å². The molecule has 1 amide bonds. The van der Waals surface area contributed by atoms with E-state index < -0.39 is 5.60 Å². The van der Waals surface area contributed by atoms with Crippen molar-refractivity contribution < 1.29 is 14.3 Å². The van der Waals surface area contributed by atoms with Crippen molar-refractivity contribution in [3.8, 4) is 0 Å². The minimum absolute atomic E-state index is 0.183. The van der Waals surface area contributed by atoms with Crippen molar-refractivity contribution in [1.29, 1.82) is 0 Å². The highest BCUT2D eigenvalue weighted by Crippen LogP contribution is 2.21. The summed E-state index contributed by atoms with van der Waals surface area (Å²) in [6.45, 7) is 11.0. The third-order valence-corrected chi connectivity index (χ3v) is 3.01. The van der Waals surface area contributed by atoms with E-state index in [1.165, 1.54) is 0 Å². The summed E-state index contributed by atoms with van der Waals surface area (Å²) >= 11 is 0. The minimum atomic E-state index is -0.423. The summed E-state index contributed by atoms with van der Waals surface area (Å²) in [5, 5.41) is 0. The molecule has 2 atom stereocenters. The number of carbonyl (C=O) groups excluding carboxylic acids is 1. The minimum Gasteiger partial charge on any atom is -0.444 e. The summed E-state index contributed by atoms with van der Waals surface area (Å²) in [6, 6.07) is 0.183. The number of amides is 1. The van der Waals surface area contributed by atoms with Crippen LogP contribution in [0.25, 0.3) is 0 Å². The number of hydrogen-bond donors (Lipinski definition) is 0. The Hall–Kier alpha value is -0.810. The molecular weight excluding hydrogens is 220 g/mol. The zero-order valence-corrected chi connectivity index (χ0v) is 11.1. The molecule has 0 N–H and O–H groups in total. The highest BCUT2D eigenvalue weighted by molar-refractivity contribution is 5.68. The van der Waals surface area contributed by atoms with Gasteiger partial charge in [0.2, 0.25) is 0 Å². The molecule has 2 aliphatic heterocycles. The third-order valence-electron chi connectivity index (χ3n) is 3.01. The molecular formula is C12H22N2O3. The number of carbonyl (C=O) groups is 1. The average molecular weight is 242 g/mol. The fourth-order valence-electron chi connectivity index (χ4n) is 2.09. The van der Waals surface area contributed by atoms with Crippen molar-refractivity contribution in [1.82, 2.24) is 9.80 Å². The molecule has 2 unspecified atom stereocenters. The van der Waals surface area contributed by atoms with Gasteiger partial charge < -0.3 is 14.4 Å². The predicted molar refractivity (Wildman–Crippen MR) is 63.7 cm³/mol. The maximum absolute atomic E-state index is 12.0. The molecule has 2 fully saturated rings. The number of hydrogen-bond acceptors (Lipinski definition) is 4. The number of nitrogens with zero attached hydrogens (tertiary/aromatic N) is 2. The summed E-state index contributed by atoms with van der Waals surface area (Å²) in [4.78, 5) is 16.1. The topological polar surface area (TPSA) is 45.3 Å². The van der Waals surface area contributed by atoms with Crippen LogP contribution in [-0.4, -0.2) is 60.0 Å². The van der Waals surface area contributed by atoms with Crippen LogP contribution in [0, 0.1) is 0 Å². The van der Waals surface area contributed by atoms with Gasteiger partial charge >= 0.3 is 6.09 Å². The van der Waals surface area contributed by atoms with Crippen LogP contribution in [0.1, 0.15) is 27.7 Å². The molecule has 98 valence electrons. The van der Waals surface area contributed by atoms with Gasteiger partial charge in [-0.1, -0.05) is 0 Å². The van der Waals surface area contributed by atoms with Crippen LogP contribution in [-0.2, 0) is 9.47 Å². The van der Waals surface area contributed by atoms with E-state index in [-0.39, 0.29) is 12.1 Å². The SMILES string of the molecule is CC1CN(C2CO2)CCN1C(=O)OC(C)(C)C. The first-order valence-electron chi connectivity index (χ1n) is 6.22. The Morgan fingerprint density at radius 2 is 2.00 bits per heavy atom. The predicted octanol–water partition coefficient (Wildman–Crippen LogP) is 1.28. The molecule has 0 saturated carbocycles. The lowest BCUT2D eigenvalue weighted by Gasteiger charge is -2.39. The summed E-state index contributed by atoms with van der Waals surface area (Å²) in [5.41, 5.74) is -0.423. The maximum Gasteiger partial charge on any atom is 0.410 e. The Balaban J connectivity index is 1.87. The Bertz CT molecular complexity index is 297. The molecule has 5 nitrogen and oxygen atoms in total. The molecule has 5 heteroatoms. The lowest BCUT2D eigenvalue weighted by Crippen LogP contribution is -2.55. The van der Waals surface area contributed by atoms with Gasteiger partial charge in [-0.2, -0.15) is 0 Å². The Morgan fingerprint density at radius 3 is 2.47 bits per heavy atom. The first kappa shape index (κ1) is 12.6. The van der Waals surface area contributed by atoms with E-state index in [2.05, 4.69) is 11.8 Å². The standard InChI is InChI=1S/C12H22N2O3/c1-9-7-13(10-8-16-10)5-6-14(9)11(15)17-12(2,3)4/h9-10H,5-8H2,1-4H3. The molecule has 17 heavy (non-hydrogen) atoms. The van der Waals surface area contributed by atoms with Crippen LogP contribution in [0.3, 0.4) is 0 Å². The van der Waals surface area contributed by atoms with Crippen molar-refractivity contribution in [2.75, 3.05) is 26.2 Å². The van der Waals surface area contributed by atoms with Crippen LogP contribution < -0.4 is 0 Å². The van der Waals surface area contributed by atoms with Crippen LogP contribution in [0.15, 0.2) is 0 Å². The second kappa shape index (κ2) is 4.46. The van der Waals surface area contributed by atoms with E-state index >= 15 is 0 Å². The molecule has 0 aliphatic carbocycles. The Kier molecular flexibility index (Phi) is 3.32. The first-order chi connectivity index (χ1) is 7.87. The Labute approximate surface area is 103 Å². The fourth-order valence-corrected chi connectivity index (χ4v) is 2.09. The zero-order valence-electron chi connectivity index (χ0n) is 11.1. The normalized spacial score (nSPS) is 30.2. The van der Waals surface area contributed by atoms with E-state index in [4.69, 9.17) is 9.47 Å². The van der Waals surface area contributed by atoms with Gasteiger partial charge in [0.05, 0.1) is 6.61 Å². The van der Waals surface area contributed by atoms with Gasteiger partial charge in [-0.15, -0.1) is 0 Å². The van der Waals surface area contributed by atoms with Crippen molar-refractivity contribution in [3.63, 3.8) is 0 Å². The van der Waals surface area contributed by atoms with Gasteiger partial charge in [-0.3, -0.25) is 4.90 Å². The monoisotopic (exact) mass is 242 g/mol. The van der Waals surface area contributed by atoms with Crippen LogP contribution in [0.4, 0.5) is 4.79 Å². The highest BCUT2D eigenvalue weighted by Gasteiger charge is 2.37. The van der Waals surface area contributed by atoms with Crippen molar-refractivity contribution >= 4 is 6.09 Å². The number of rotatable bonds is 1. The molecule has 0 aromatic carbocycles. The summed E-state index contributed by atoms with van der Waals surface area (Å²) in [6.07, 6.45) is 0.0830. The van der Waals surface area contributed by atoms with Crippen molar-refractivity contribution in [2.45, 2.75) is 45.6 Å². The molecule has 2 saturated heterocycles. The van der Waals surface area contributed by atoms with E-state index in [9.17, 15) is 4.79 Å². The summed E-state index contributed by atoms with van der Waals surface area (Å²) in [5.74, 6) is 0. The summed E-state index contributed by atoms with van der Waals surface area (Å²) < 4.78 is 10.7. The largest absolute Gasteiger partial charge is 0.444 e. The van der Waals surface area contributed by atoms with Crippen LogP contribution >= 0.6 is 0 Å². The fraction of sp³-hybridized carbons (Fsp3) is 0.917. The smallest absolute Gasteiger partial charge is 0.410 e. The Morgan fingerprint density at radius 1 is 1.35 bits per heavy atom. The second-order valence-corrected chi connectivity index (χ2v) is 5.81. The van der Waals surface area contributed by atoms with Gasteiger partial charge in [0.15, 0.2) is 0 Å². The zero-order chi connectivity index (χ0) is 12.6. The van der Waals surface area contributed by atoms with Gasteiger partial charge in [0.25, 0.3) is 0 Å². The first-order valence-corrected chi connectivity index (χ1v) is 6.22. The average Bonchev–Trinajstić information content (AvgIpc) is 2.97. The van der Waals surface area contributed by atoms with Crippen LogP contribution in [0.5, 0.6) is 0 Å². The molecule has 0 bridgehead atoms. The van der Waals surface area contributed by atoms with E-state index in [1.807, 2.05) is 25.7 Å². The van der Waals surface area contributed by atoms with Crippen molar-refractivity contribution in [3.05, 3.63) is 0 Å². The van der Waals surface area contributed by atoms with E-state index in [0.29, 0.717) is 6.23 Å². The number of epoxide rings is 1. The quantitative estimate of drug-likeness (QED) is 0.650. The molecule has 0 radical (unpaired) electrons. The molecule has 0 aromatic rings. The second-order valence-electron chi connectivity index (χ2n) is 5.81. The molecule has 0 spiro atoms. The van der Waals surface area contributed by atoms with E-state index in [0.717, 1.165) is 26.2 Å². The molecule has 2 aliphatic rings. The van der Waals surface area contributed by atoms with Gasteiger partial charge in [-0.25, -0.2) is 4.79 Å².